The highest BCUT2D eigenvalue weighted by Crippen LogP contribution is 2.35. The fourth-order valence-corrected chi connectivity index (χ4v) is 1.84. The van der Waals surface area contributed by atoms with Crippen LogP contribution in [0.2, 0.25) is 0 Å². The first kappa shape index (κ1) is 11.1. The Morgan fingerprint density at radius 3 is 2.69 bits per heavy atom. The number of anilines is 2. The van der Waals surface area contributed by atoms with Crippen LogP contribution in [-0.2, 0) is 0 Å². The molecule has 4 N–H and O–H groups in total. The van der Waals surface area contributed by atoms with Gasteiger partial charge in [0, 0.05) is 12.1 Å². The Hall–Kier alpha value is -1.42. The van der Waals surface area contributed by atoms with Crippen LogP contribution in [0, 0.1) is 12.8 Å². The molecule has 0 saturated heterocycles. The van der Waals surface area contributed by atoms with Crippen LogP contribution in [0.5, 0.6) is 5.75 Å². The molecule has 1 aromatic carbocycles. The minimum absolute atomic E-state index is 0.711. The summed E-state index contributed by atoms with van der Waals surface area (Å²) in [6.07, 6.45) is 2.56. The molecule has 0 spiro atoms. The van der Waals surface area contributed by atoms with Crippen LogP contribution in [0.3, 0.4) is 0 Å². The Labute approximate surface area is 96.1 Å². The fraction of sp³-hybridized carbons (Fsp3) is 0.500. The smallest absolute Gasteiger partial charge is 0.123 e. The lowest BCUT2D eigenvalue weighted by atomic mass is 10.1. The van der Waals surface area contributed by atoms with Crippen molar-refractivity contribution in [3.8, 4) is 5.75 Å². The Balaban J connectivity index is 2.22. The minimum Gasteiger partial charge on any atom is -0.496 e. The lowest BCUT2D eigenvalue weighted by molar-refractivity contribution is 0.412. The zero-order chi connectivity index (χ0) is 11.7. The third-order valence-corrected chi connectivity index (χ3v) is 3.12. The van der Waals surface area contributed by atoms with E-state index in [-0.39, 0.29) is 0 Å². The molecular formula is C12H19N3O. The predicted octanol–water partition coefficient (Wildman–Crippen LogP) is 1.68. The Bertz CT molecular complexity index is 388. The van der Waals surface area contributed by atoms with Crippen LogP contribution in [0.15, 0.2) is 12.1 Å². The molecule has 16 heavy (non-hydrogen) atoms. The molecule has 1 aliphatic carbocycles. The summed E-state index contributed by atoms with van der Waals surface area (Å²) < 4.78 is 5.21. The molecule has 0 bridgehead atoms. The van der Waals surface area contributed by atoms with Crippen LogP contribution < -0.4 is 21.3 Å². The van der Waals surface area contributed by atoms with Gasteiger partial charge in [-0.25, -0.2) is 5.84 Å². The highest BCUT2D eigenvalue weighted by molar-refractivity contribution is 5.73. The summed E-state index contributed by atoms with van der Waals surface area (Å²) in [5, 5.41) is 1.75. The van der Waals surface area contributed by atoms with Gasteiger partial charge in [0.25, 0.3) is 0 Å². The molecular weight excluding hydrogens is 202 g/mol. The quantitative estimate of drug-likeness (QED) is 0.461. The highest BCUT2D eigenvalue weighted by Gasteiger charge is 2.24. The molecule has 0 radical (unpaired) electrons. The third-order valence-electron chi connectivity index (χ3n) is 3.12. The molecule has 0 aliphatic heterocycles. The van der Waals surface area contributed by atoms with Gasteiger partial charge < -0.3 is 15.5 Å². The second-order valence-corrected chi connectivity index (χ2v) is 4.42. The molecule has 0 aromatic heterocycles. The molecule has 2 rings (SSSR count). The van der Waals surface area contributed by atoms with Gasteiger partial charge in [-0.3, -0.25) is 0 Å². The molecule has 1 aromatic rings. The number of nitrogens with two attached hydrogens (primary N) is 2. The first-order valence-corrected chi connectivity index (χ1v) is 5.58. The van der Waals surface area contributed by atoms with E-state index in [2.05, 4.69) is 0 Å². The molecule has 0 atom stereocenters. The van der Waals surface area contributed by atoms with Gasteiger partial charge in [0.15, 0.2) is 0 Å². The fourth-order valence-electron chi connectivity index (χ4n) is 1.84. The largest absolute Gasteiger partial charge is 0.496 e. The number of nitrogen functional groups attached to an aromatic ring is 1. The molecule has 88 valence electrons. The monoisotopic (exact) mass is 221 g/mol. The third kappa shape index (κ3) is 2.07. The first-order valence-electron chi connectivity index (χ1n) is 5.58. The SMILES string of the molecule is COc1ccc(N(N)CC2CC2)c(N)c1C. The second-order valence-electron chi connectivity index (χ2n) is 4.42. The van der Waals surface area contributed by atoms with Crippen LogP contribution in [0.25, 0.3) is 0 Å². The molecule has 0 heterocycles. The van der Waals surface area contributed by atoms with Gasteiger partial charge in [-0.15, -0.1) is 0 Å². The van der Waals surface area contributed by atoms with Gasteiger partial charge in [0.05, 0.1) is 18.5 Å². The van der Waals surface area contributed by atoms with Crippen molar-refractivity contribution in [2.24, 2.45) is 11.8 Å². The minimum atomic E-state index is 0.711. The number of nitrogens with zero attached hydrogens (tertiary/aromatic N) is 1. The first-order chi connectivity index (χ1) is 7.63. The van der Waals surface area contributed by atoms with E-state index in [1.54, 1.807) is 12.1 Å². The number of benzene rings is 1. The summed E-state index contributed by atoms with van der Waals surface area (Å²) >= 11 is 0. The Kier molecular flexibility index (Phi) is 2.92. The van der Waals surface area contributed by atoms with E-state index in [0.29, 0.717) is 5.69 Å². The van der Waals surface area contributed by atoms with Crippen LogP contribution in [0.1, 0.15) is 18.4 Å². The van der Waals surface area contributed by atoms with Crippen molar-refractivity contribution in [3.05, 3.63) is 17.7 Å². The van der Waals surface area contributed by atoms with Crippen LogP contribution in [0.4, 0.5) is 11.4 Å². The van der Waals surface area contributed by atoms with Gasteiger partial charge in [-0.1, -0.05) is 0 Å². The summed E-state index contributed by atoms with van der Waals surface area (Å²) in [6, 6.07) is 3.83. The van der Waals surface area contributed by atoms with E-state index < -0.39 is 0 Å². The number of ether oxygens (including phenoxy) is 1. The van der Waals surface area contributed by atoms with Crippen LogP contribution in [-0.4, -0.2) is 13.7 Å². The van der Waals surface area contributed by atoms with Crippen molar-refractivity contribution in [1.29, 1.82) is 0 Å². The average Bonchev–Trinajstić information content (AvgIpc) is 3.05. The topological polar surface area (TPSA) is 64.5 Å². The summed E-state index contributed by atoms with van der Waals surface area (Å²) in [7, 11) is 1.64. The molecule has 0 amide bonds. The molecule has 4 nitrogen and oxygen atoms in total. The normalized spacial score (nSPS) is 14.9. The van der Waals surface area contributed by atoms with E-state index in [1.165, 1.54) is 12.8 Å². The number of hydrogen-bond donors (Lipinski definition) is 2. The Morgan fingerprint density at radius 1 is 1.44 bits per heavy atom. The van der Waals surface area contributed by atoms with Crippen molar-refractivity contribution in [3.63, 3.8) is 0 Å². The van der Waals surface area contributed by atoms with E-state index in [9.17, 15) is 0 Å². The van der Waals surface area contributed by atoms with Crippen molar-refractivity contribution >= 4 is 11.4 Å². The average molecular weight is 221 g/mol. The van der Waals surface area contributed by atoms with Gasteiger partial charge >= 0.3 is 0 Å². The van der Waals surface area contributed by atoms with Crippen molar-refractivity contribution in [1.82, 2.24) is 0 Å². The lowest BCUT2D eigenvalue weighted by Gasteiger charge is -2.22. The maximum atomic E-state index is 6.05. The second kappa shape index (κ2) is 4.22. The van der Waals surface area contributed by atoms with E-state index in [0.717, 1.165) is 29.5 Å². The van der Waals surface area contributed by atoms with Crippen molar-refractivity contribution in [2.45, 2.75) is 19.8 Å². The maximum absolute atomic E-state index is 6.05. The van der Waals surface area contributed by atoms with Gasteiger partial charge in [0.2, 0.25) is 0 Å². The standard InChI is InChI=1S/C12H19N3O/c1-8-11(16-2)6-5-10(12(8)13)15(14)7-9-3-4-9/h5-6,9H,3-4,7,13-14H2,1-2H3. The predicted molar refractivity (Wildman–Crippen MR) is 66.4 cm³/mol. The zero-order valence-corrected chi connectivity index (χ0v) is 9.86. The number of hydrogen-bond acceptors (Lipinski definition) is 4. The van der Waals surface area contributed by atoms with Gasteiger partial charge in [-0.05, 0) is 37.8 Å². The molecule has 1 aliphatic rings. The number of hydrazine groups is 1. The zero-order valence-electron chi connectivity index (χ0n) is 9.86. The van der Waals surface area contributed by atoms with Gasteiger partial charge in [0.1, 0.15) is 5.75 Å². The van der Waals surface area contributed by atoms with Crippen molar-refractivity contribution < 1.29 is 4.74 Å². The Morgan fingerprint density at radius 2 is 2.12 bits per heavy atom. The van der Waals surface area contributed by atoms with E-state index >= 15 is 0 Å². The van der Waals surface area contributed by atoms with E-state index in [1.807, 2.05) is 19.1 Å². The van der Waals surface area contributed by atoms with Gasteiger partial charge in [-0.2, -0.15) is 0 Å². The van der Waals surface area contributed by atoms with Crippen molar-refractivity contribution in [2.75, 3.05) is 24.4 Å². The number of methoxy groups -OCH3 is 1. The molecule has 4 heteroatoms. The molecule has 1 fully saturated rings. The molecule has 1 saturated carbocycles. The summed E-state index contributed by atoms with van der Waals surface area (Å²) in [6.45, 7) is 2.83. The highest BCUT2D eigenvalue weighted by atomic mass is 16.5. The summed E-state index contributed by atoms with van der Waals surface area (Å²) in [5.41, 5.74) is 8.61. The molecule has 0 unspecified atom stereocenters. The van der Waals surface area contributed by atoms with Crippen LogP contribution >= 0.6 is 0 Å². The van der Waals surface area contributed by atoms with E-state index in [4.69, 9.17) is 16.3 Å². The summed E-state index contributed by atoms with van der Waals surface area (Å²) in [4.78, 5) is 0. The summed E-state index contributed by atoms with van der Waals surface area (Å²) in [5.74, 6) is 7.56. The maximum Gasteiger partial charge on any atom is 0.123 e. The lowest BCUT2D eigenvalue weighted by Crippen LogP contribution is -2.33. The number of rotatable bonds is 4.